The Bertz CT molecular complexity index is 453. The lowest BCUT2D eigenvalue weighted by Crippen LogP contribution is -2.30. The molecule has 2 rings (SSSR count). The van der Waals surface area contributed by atoms with Gasteiger partial charge in [-0.15, -0.1) is 0 Å². The molecular weight excluding hydrogens is 231 g/mol. The number of ether oxygens (including phenoxy) is 1. The minimum atomic E-state index is -1.53. The Labute approximate surface area is 106 Å². The van der Waals surface area contributed by atoms with Gasteiger partial charge in [-0.25, -0.2) is 0 Å². The van der Waals surface area contributed by atoms with Crippen LogP contribution in [-0.2, 0) is 4.74 Å². The smallest absolute Gasteiger partial charge is 0.423 e. The van der Waals surface area contributed by atoms with Gasteiger partial charge in [0.15, 0.2) is 0 Å². The SMILES string of the molecule is N#Cc1ccc(B(O)O)cc1NCC1CCCO1. The monoisotopic (exact) mass is 246 g/mol. The van der Waals surface area contributed by atoms with Crippen LogP contribution in [0.1, 0.15) is 18.4 Å². The summed E-state index contributed by atoms with van der Waals surface area (Å²) in [6.45, 7) is 1.41. The Balaban J connectivity index is 2.08. The zero-order valence-corrected chi connectivity index (χ0v) is 9.97. The molecule has 6 heteroatoms. The van der Waals surface area contributed by atoms with Gasteiger partial charge in [-0.1, -0.05) is 6.07 Å². The van der Waals surface area contributed by atoms with Crippen LogP contribution in [0.2, 0.25) is 0 Å². The minimum Gasteiger partial charge on any atom is -0.423 e. The van der Waals surface area contributed by atoms with Crippen LogP contribution in [0.5, 0.6) is 0 Å². The molecule has 1 unspecified atom stereocenters. The molecule has 1 heterocycles. The summed E-state index contributed by atoms with van der Waals surface area (Å²) in [5.41, 5.74) is 1.46. The Morgan fingerprint density at radius 2 is 2.33 bits per heavy atom. The maximum atomic E-state index is 9.11. The molecule has 0 bridgehead atoms. The number of anilines is 1. The van der Waals surface area contributed by atoms with Crippen LogP contribution in [-0.4, -0.2) is 36.4 Å². The van der Waals surface area contributed by atoms with E-state index in [9.17, 15) is 0 Å². The van der Waals surface area contributed by atoms with E-state index in [2.05, 4.69) is 11.4 Å². The summed E-state index contributed by atoms with van der Waals surface area (Å²) in [5, 5.41) is 30.3. The number of benzene rings is 1. The van der Waals surface area contributed by atoms with Crippen molar-refractivity contribution in [3.05, 3.63) is 23.8 Å². The van der Waals surface area contributed by atoms with Gasteiger partial charge in [0.1, 0.15) is 6.07 Å². The fourth-order valence-corrected chi connectivity index (χ4v) is 2.00. The molecule has 0 amide bonds. The first-order chi connectivity index (χ1) is 8.70. The van der Waals surface area contributed by atoms with Gasteiger partial charge < -0.3 is 20.1 Å². The lowest BCUT2D eigenvalue weighted by molar-refractivity contribution is 0.120. The quantitative estimate of drug-likeness (QED) is 0.642. The number of hydrogen-bond donors (Lipinski definition) is 3. The van der Waals surface area contributed by atoms with Crippen LogP contribution >= 0.6 is 0 Å². The first-order valence-electron chi connectivity index (χ1n) is 5.96. The van der Waals surface area contributed by atoms with Crippen molar-refractivity contribution in [2.24, 2.45) is 0 Å². The third kappa shape index (κ3) is 3.02. The standard InChI is InChI=1S/C12H15BN2O3/c14-7-9-3-4-10(13(16)17)6-12(9)15-8-11-2-1-5-18-11/h3-4,6,11,15-17H,1-2,5,8H2. The maximum absolute atomic E-state index is 9.11. The highest BCUT2D eigenvalue weighted by Gasteiger charge is 2.17. The lowest BCUT2D eigenvalue weighted by atomic mass is 9.79. The van der Waals surface area contributed by atoms with Gasteiger partial charge in [0.2, 0.25) is 0 Å². The fourth-order valence-electron chi connectivity index (χ4n) is 2.00. The third-order valence-electron chi connectivity index (χ3n) is 3.01. The van der Waals surface area contributed by atoms with Gasteiger partial charge in [-0.2, -0.15) is 5.26 Å². The van der Waals surface area contributed by atoms with Crippen molar-refractivity contribution >= 4 is 18.3 Å². The first kappa shape index (κ1) is 12.9. The second-order valence-electron chi connectivity index (χ2n) is 4.31. The zero-order chi connectivity index (χ0) is 13.0. The Hall–Kier alpha value is -1.55. The average Bonchev–Trinajstić information content (AvgIpc) is 2.89. The molecule has 0 aromatic heterocycles. The Kier molecular flexibility index (Phi) is 4.21. The summed E-state index contributed by atoms with van der Waals surface area (Å²) in [4.78, 5) is 0. The van der Waals surface area contributed by atoms with Crippen LogP contribution in [0.4, 0.5) is 5.69 Å². The molecule has 94 valence electrons. The average molecular weight is 246 g/mol. The molecule has 0 saturated carbocycles. The molecule has 3 N–H and O–H groups in total. The fraction of sp³-hybridized carbons (Fsp3) is 0.417. The van der Waals surface area contributed by atoms with Crippen molar-refractivity contribution < 1.29 is 14.8 Å². The van der Waals surface area contributed by atoms with Gasteiger partial charge in [0.05, 0.1) is 17.4 Å². The van der Waals surface area contributed by atoms with Gasteiger partial charge in [-0.05, 0) is 30.4 Å². The van der Waals surface area contributed by atoms with Crippen molar-refractivity contribution in [3.63, 3.8) is 0 Å². The number of rotatable bonds is 4. The molecule has 5 nitrogen and oxygen atoms in total. The predicted molar refractivity (Wildman–Crippen MR) is 68.4 cm³/mol. The van der Waals surface area contributed by atoms with Crippen molar-refractivity contribution in [2.45, 2.75) is 18.9 Å². The van der Waals surface area contributed by atoms with Crippen molar-refractivity contribution in [1.29, 1.82) is 5.26 Å². The minimum absolute atomic E-state index is 0.166. The predicted octanol–water partition coefficient (Wildman–Crippen LogP) is -0.171. The molecule has 1 aromatic carbocycles. The molecule has 0 radical (unpaired) electrons. The highest BCUT2D eigenvalue weighted by Crippen LogP contribution is 2.16. The second kappa shape index (κ2) is 5.87. The van der Waals surface area contributed by atoms with Crippen LogP contribution in [0, 0.1) is 11.3 Å². The summed E-state index contributed by atoms with van der Waals surface area (Å²) in [7, 11) is -1.53. The molecule has 1 aliphatic rings. The normalized spacial score (nSPS) is 18.4. The molecule has 1 saturated heterocycles. The topological polar surface area (TPSA) is 85.5 Å². The van der Waals surface area contributed by atoms with E-state index in [-0.39, 0.29) is 6.10 Å². The summed E-state index contributed by atoms with van der Waals surface area (Å²) in [5.74, 6) is 0. The van der Waals surface area contributed by atoms with Crippen LogP contribution in [0.3, 0.4) is 0 Å². The summed E-state index contributed by atoms with van der Waals surface area (Å²) in [6, 6.07) is 6.76. The van der Waals surface area contributed by atoms with Gasteiger partial charge in [0, 0.05) is 13.2 Å². The van der Waals surface area contributed by atoms with E-state index in [1.807, 2.05) is 0 Å². The third-order valence-corrected chi connectivity index (χ3v) is 3.01. The van der Waals surface area contributed by atoms with Crippen molar-refractivity contribution in [3.8, 4) is 6.07 Å². The zero-order valence-electron chi connectivity index (χ0n) is 9.97. The number of hydrogen-bond acceptors (Lipinski definition) is 5. The molecule has 1 atom stereocenters. The van der Waals surface area contributed by atoms with Gasteiger partial charge in [0.25, 0.3) is 0 Å². The van der Waals surface area contributed by atoms with Crippen LogP contribution in [0.25, 0.3) is 0 Å². The number of nitriles is 1. The molecule has 1 fully saturated rings. The summed E-state index contributed by atoms with van der Waals surface area (Å²) >= 11 is 0. The molecule has 1 aromatic rings. The number of nitrogens with one attached hydrogen (secondary N) is 1. The Morgan fingerprint density at radius 1 is 1.50 bits per heavy atom. The summed E-state index contributed by atoms with van der Waals surface area (Å²) in [6.07, 6.45) is 2.24. The Morgan fingerprint density at radius 3 is 2.94 bits per heavy atom. The van der Waals surface area contributed by atoms with E-state index in [1.165, 1.54) is 6.07 Å². The first-order valence-corrected chi connectivity index (χ1v) is 5.96. The highest BCUT2D eigenvalue weighted by atomic mass is 16.5. The van der Waals surface area contributed by atoms with Crippen molar-refractivity contribution in [1.82, 2.24) is 0 Å². The van der Waals surface area contributed by atoms with Crippen LogP contribution < -0.4 is 10.8 Å². The van der Waals surface area contributed by atoms with E-state index < -0.39 is 7.12 Å². The molecular formula is C12H15BN2O3. The highest BCUT2D eigenvalue weighted by molar-refractivity contribution is 6.58. The van der Waals surface area contributed by atoms with Gasteiger partial charge in [-0.3, -0.25) is 0 Å². The van der Waals surface area contributed by atoms with E-state index in [0.29, 0.717) is 23.3 Å². The molecule has 18 heavy (non-hydrogen) atoms. The van der Waals surface area contributed by atoms with E-state index in [0.717, 1.165) is 19.4 Å². The maximum Gasteiger partial charge on any atom is 0.488 e. The second-order valence-corrected chi connectivity index (χ2v) is 4.31. The van der Waals surface area contributed by atoms with E-state index in [1.54, 1.807) is 12.1 Å². The van der Waals surface area contributed by atoms with Crippen LogP contribution in [0.15, 0.2) is 18.2 Å². The summed E-state index contributed by atoms with van der Waals surface area (Å²) < 4.78 is 5.48. The largest absolute Gasteiger partial charge is 0.488 e. The van der Waals surface area contributed by atoms with E-state index >= 15 is 0 Å². The van der Waals surface area contributed by atoms with Gasteiger partial charge >= 0.3 is 7.12 Å². The molecule has 0 spiro atoms. The van der Waals surface area contributed by atoms with Crippen molar-refractivity contribution in [2.75, 3.05) is 18.5 Å². The molecule has 0 aliphatic carbocycles. The van der Waals surface area contributed by atoms with E-state index in [4.69, 9.17) is 20.0 Å². The number of nitrogens with zero attached hydrogens (tertiary/aromatic N) is 1. The lowest BCUT2D eigenvalue weighted by Gasteiger charge is -2.14. The molecule has 1 aliphatic heterocycles.